The second-order valence-electron chi connectivity index (χ2n) is 5.19. The molecule has 24 heavy (non-hydrogen) atoms. The Labute approximate surface area is 159 Å². The summed E-state index contributed by atoms with van der Waals surface area (Å²) in [4.78, 5) is 4.45. The summed E-state index contributed by atoms with van der Waals surface area (Å²) in [6, 6.07) is 13.2. The van der Waals surface area contributed by atoms with Gasteiger partial charge in [-0.3, -0.25) is 5.43 Å². The van der Waals surface area contributed by atoms with Gasteiger partial charge in [-0.2, -0.15) is 0 Å². The first-order valence-electron chi connectivity index (χ1n) is 7.02. The fraction of sp³-hybridized carbons (Fsp3) is 0.0588. The van der Waals surface area contributed by atoms with E-state index in [0.29, 0.717) is 25.5 Å². The Balaban J connectivity index is 1.94. The first-order chi connectivity index (χ1) is 11.4. The lowest BCUT2D eigenvalue weighted by Gasteiger charge is -2.14. The van der Waals surface area contributed by atoms with Crippen LogP contribution >= 0.6 is 47.0 Å². The van der Waals surface area contributed by atoms with Gasteiger partial charge < -0.3 is 0 Å². The molecule has 0 saturated heterocycles. The van der Waals surface area contributed by atoms with Gasteiger partial charge in [0.2, 0.25) is 4.77 Å². The number of hydrogen-bond donors (Lipinski definition) is 1. The third-order valence-corrected chi connectivity index (χ3v) is 4.49. The Morgan fingerprint density at radius 2 is 1.62 bits per heavy atom. The highest BCUT2D eigenvalue weighted by Crippen LogP contribution is 2.33. The van der Waals surface area contributed by atoms with Gasteiger partial charge in [-0.15, -0.1) is 0 Å². The molecule has 0 aliphatic heterocycles. The van der Waals surface area contributed by atoms with Crippen LogP contribution in [0, 0.1) is 11.7 Å². The summed E-state index contributed by atoms with van der Waals surface area (Å²) in [5, 5.41) is 1.26. The smallest absolute Gasteiger partial charge is 0.219 e. The van der Waals surface area contributed by atoms with Gasteiger partial charge in [-0.05, 0) is 37.3 Å². The summed E-state index contributed by atoms with van der Waals surface area (Å²) in [7, 11) is 0. The first kappa shape index (κ1) is 17.2. The summed E-state index contributed by atoms with van der Waals surface area (Å²) >= 11 is 23.6. The quantitative estimate of drug-likeness (QED) is 0.518. The molecule has 2 aromatic carbocycles. The van der Waals surface area contributed by atoms with E-state index in [9.17, 15) is 0 Å². The number of benzene rings is 2. The predicted octanol–water partition coefficient (Wildman–Crippen LogP) is 6.42. The summed E-state index contributed by atoms with van der Waals surface area (Å²) in [6.07, 6.45) is 1.78. The molecule has 0 fully saturated rings. The van der Waals surface area contributed by atoms with Crippen molar-refractivity contribution in [2.75, 3.05) is 5.43 Å². The summed E-state index contributed by atoms with van der Waals surface area (Å²) in [5.74, 6) is 0. The molecule has 0 radical (unpaired) electrons. The molecule has 1 N–H and O–H groups in total. The molecule has 1 aromatic heterocycles. The SMILES string of the molecule is Cc1ccc(-c2ccn(Nc3c(Cl)cc(Cl)cc3Cl)c(=S)n2)cc1. The Kier molecular flexibility index (Phi) is 5.11. The zero-order valence-electron chi connectivity index (χ0n) is 12.6. The van der Waals surface area contributed by atoms with E-state index in [0.717, 1.165) is 11.3 Å². The number of aromatic nitrogens is 2. The van der Waals surface area contributed by atoms with Crippen LogP contribution in [0.2, 0.25) is 15.1 Å². The maximum atomic E-state index is 6.18. The fourth-order valence-corrected chi connectivity index (χ4v) is 3.25. The van der Waals surface area contributed by atoms with Gasteiger partial charge >= 0.3 is 0 Å². The number of rotatable bonds is 3. The minimum Gasteiger partial charge on any atom is -0.289 e. The average molecular weight is 397 g/mol. The lowest BCUT2D eigenvalue weighted by atomic mass is 10.1. The van der Waals surface area contributed by atoms with E-state index in [-0.39, 0.29) is 0 Å². The lowest BCUT2D eigenvalue weighted by Crippen LogP contribution is -2.12. The van der Waals surface area contributed by atoms with Crippen LogP contribution in [0.4, 0.5) is 5.69 Å². The topological polar surface area (TPSA) is 29.9 Å². The van der Waals surface area contributed by atoms with Crippen molar-refractivity contribution in [3.8, 4) is 11.3 Å². The van der Waals surface area contributed by atoms with Gasteiger partial charge in [0.1, 0.15) is 0 Å². The van der Waals surface area contributed by atoms with E-state index in [1.165, 1.54) is 5.56 Å². The van der Waals surface area contributed by atoms with Crippen LogP contribution in [0.25, 0.3) is 11.3 Å². The van der Waals surface area contributed by atoms with Gasteiger partial charge in [0.15, 0.2) is 0 Å². The molecule has 0 aliphatic carbocycles. The van der Waals surface area contributed by atoms with Crippen LogP contribution in [0.3, 0.4) is 0 Å². The van der Waals surface area contributed by atoms with E-state index in [1.807, 2.05) is 37.3 Å². The molecule has 0 unspecified atom stereocenters. The van der Waals surface area contributed by atoms with Gasteiger partial charge in [-0.25, -0.2) is 9.66 Å². The standard InChI is InChI=1S/C17H12Cl3N3S/c1-10-2-4-11(5-3-10)15-6-7-23(17(24)21-15)22-16-13(19)8-12(18)9-14(16)20/h2-9,22H,1H3. The van der Waals surface area contributed by atoms with Crippen LogP contribution in [-0.4, -0.2) is 9.66 Å². The summed E-state index contributed by atoms with van der Waals surface area (Å²) in [6.45, 7) is 2.04. The van der Waals surface area contributed by atoms with Crippen molar-refractivity contribution in [1.29, 1.82) is 0 Å². The molecule has 0 spiro atoms. The molecule has 0 bridgehead atoms. The molecule has 0 amide bonds. The van der Waals surface area contributed by atoms with Crippen molar-refractivity contribution in [3.63, 3.8) is 0 Å². The molecule has 7 heteroatoms. The zero-order valence-corrected chi connectivity index (χ0v) is 15.6. The Bertz CT molecular complexity index is 929. The molecule has 0 saturated carbocycles. The minimum absolute atomic E-state index is 0.357. The number of nitrogens with one attached hydrogen (secondary N) is 1. The minimum atomic E-state index is 0.357. The van der Waals surface area contributed by atoms with Crippen molar-refractivity contribution >= 4 is 52.7 Å². The largest absolute Gasteiger partial charge is 0.289 e. The molecule has 3 nitrogen and oxygen atoms in total. The molecule has 0 atom stereocenters. The molecule has 3 aromatic rings. The normalized spacial score (nSPS) is 10.7. The second-order valence-corrected chi connectivity index (χ2v) is 6.80. The van der Waals surface area contributed by atoms with Gasteiger partial charge in [0.05, 0.1) is 21.4 Å². The average Bonchev–Trinajstić information content (AvgIpc) is 2.52. The molecule has 3 rings (SSSR count). The van der Waals surface area contributed by atoms with E-state index in [2.05, 4.69) is 10.4 Å². The van der Waals surface area contributed by atoms with E-state index in [1.54, 1.807) is 23.0 Å². The molecule has 1 heterocycles. The van der Waals surface area contributed by atoms with Crippen molar-refractivity contribution in [3.05, 3.63) is 74.1 Å². The Morgan fingerprint density at radius 1 is 1.00 bits per heavy atom. The van der Waals surface area contributed by atoms with Crippen LogP contribution < -0.4 is 5.43 Å². The molecule has 122 valence electrons. The van der Waals surface area contributed by atoms with Gasteiger partial charge in [0.25, 0.3) is 0 Å². The fourth-order valence-electron chi connectivity index (χ4n) is 2.14. The zero-order chi connectivity index (χ0) is 17.3. The van der Waals surface area contributed by atoms with E-state index < -0.39 is 0 Å². The van der Waals surface area contributed by atoms with Crippen LogP contribution in [0.5, 0.6) is 0 Å². The third kappa shape index (κ3) is 3.73. The number of hydrogen-bond acceptors (Lipinski definition) is 3. The first-order valence-corrected chi connectivity index (χ1v) is 8.56. The van der Waals surface area contributed by atoms with Crippen LogP contribution in [0.1, 0.15) is 5.56 Å². The van der Waals surface area contributed by atoms with Crippen molar-refractivity contribution in [1.82, 2.24) is 9.66 Å². The number of halogens is 3. The number of anilines is 1. The Morgan fingerprint density at radius 3 is 2.21 bits per heavy atom. The monoisotopic (exact) mass is 395 g/mol. The van der Waals surface area contributed by atoms with Crippen LogP contribution in [0.15, 0.2) is 48.7 Å². The lowest BCUT2D eigenvalue weighted by molar-refractivity contribution is 0.882. The third-order valence-electron chi connectivity index (χ3n) is 3.39. The van der Waals surface area contributed by atoms with Gasteiger partial charge in [-0.1, -0.05) is 64.6 Å². The maximum Gasteiger partial charge on any atom is 0.219 e. The Hall–Kier alpha value is -1.59. The molecule has 0 aliphatic rings. The summed E-state index contributed by atoms with van der Waals surface area (Å²) in [5.41, 5.74) is 6.56. The highest BCUT2D eigenvalue weighted by Gasteiger charge is 2.09. The molecular weight excluding hydrogens is 385 g/mol. The number of aryl methyl sites for hydroxylation is 1. The van der Waals surface area contributed by atoms with E-state index >= 15 is 0 Å². The highest BCUT2D eigenvalue weighted by atomic mass is 35.5. The second kappa shape index (κ2) is 7.11. The maximum absolute atomic E-state index is 6.18. The van der Waals surface area contributed by atoms with Crippen molar-refractivity contribution in [2.45, 2.75) is 6.92 Å². The van der Waals surface area contributed by atoms with E-state index in [4.69, 9.17) is 47.0 Å². The number of nitrogens with zero attached hydrogens (tertiary/aromatic N) is 2. The van der Waals surface area contributed by atoms with Crippen molar-refractivity contribution in [2.24, 2.45) is 0 Å². The predicted molar refractivity (Wildman–Crippen MR) is 104 cm³/mol. The van der Waals surface area contributed by atoms with Crippen LogP contribution in [-0.2, 0) is 0 Å². The van der Waals surface area contributed by atoms with Gasteiger partial charge in [0, 0.05) is 16.8 Å². The van der Waals surface area contributed by atoms with Crippen molar-refractivity contribution < 1.29 is 0 Å². The molecular formula is C17H12Cl3N3S. The summed E-state index contributed by atoms with van der Waals surface area (Å²) < 4.78 is 1.93. The highest BCUT2D eigenvalue weighted by molar-refractivity contribution is 7.71.